The van der Waals surface area contributed by atoms with E-state index in [1.54, 1.807) is 25.1 Å². The molecule has 2 N–H and O–H groups in total. The van der Waals surface area contributed by atoms with Crippen LogP contribution in [0.3, 0.4) is 0 Å². The summed E-state index contributed by atoms with van der Waals surface area (Å²) in [4.78, 5) is 41.7. The summed E-state index contributed by atoms with van der Waals surface area (Å²) in [5, 5.41) is 2.61. The maximum absolute atomic E-state index is 12.5. The highest BCUT2D eigenvalue weighted by molar-refractivity contribution is 8.00. The minimum atomic E-state index is -0.446. The number of Topliss-reactive ketones (excluding diaryl/α,β-unsaturated/α-hetero) is 1. The molecule has 7 nitrogen and oxygen atoms in total. The zero-order valence-electron chi connectivity index (χ0n) is 12.2. The van der Waals surface area contributed by atoms with E-state index in [2.05, 4.69) is 15.3 Å². The Morgan fingerprint density at radius 2 is 2.17 bits per heavy atom. The highest BCUT2D eigenvalue weighted by atomic mass is 32.2. The molecular weight excluding hydrogens is 318 g/mol. The van der Waals surface area contributed by atoms with Crippen molar-refractivity contribution in [3.8, 4) is 5.75 Å². The zero-order valence-corrected chi connectivity index (χ0v) is 13.0. The molecule has 0 bridgehead atoms. The topological polar surface area (TPSA) is 101 Å². The van der Waals surface area contributed by atoms with Crippen LogP contribution in [0.2, 0.25) is 0 Å². The van der Waals surface area contributed by atoms with Gasteiger partial charge < -0.3 is 15.0 Å². The van der Waals surface area contributed by atoms with Crippen LogP contribution < -0.4 is 15.6 Å². The van der Waals surface area contributed by atoms with Gasteiger partial charge in [0, 0.05) is 17.8 Å². The molecular formula is C15H13N3O4S. The summed E-state index contributed by atoms with van der Waals surface area (Å²) < 4.78 is 5.26. The van der Waals surface area contributed by atoms with Crippen LogP contribution in [0.1, 0.15) is 17.3 Å². The first kappa shape index (κ1) is 15.3. The van der Waals surface area contributed by atoms with E-state index in [0.29, 0.717) is 22.2 Å². The van der Waals surface area contributed by atoms with E-state index in [9.17, 15) is 14.4 Å². The summed E-state index contributed by atoms with van der Waals surface area (Å²) in [6.07, 6.45) is 1.39. The number of anilines is 1. The van der Waals surface area contributed by atoms with Crippen LogP contribution in [0.25, 0.3) is 0 Å². The lowest BCUT2D eigenvalue weighted by atomic mass is 10.1. The average molecular weight is 331 g/mol. The van der Waals surface area contributed by atoms with E-state index in [0.717, 1.165) is 11.8 Å². The molecule has 8 heteroatoms. The van der Waals surface area contributed by atoms with Gasteiger partial charge in [-0.05, 0) is 25.1 Å². The van der Waals surface area contributed by atoms with Gasteiger partial charge in [-0.2, -0.15) is 0 Å². The van der Waals surface area contributed by atoms with Gasteiger partial charge in [0.25, 0.3) is 11.5 Å². The van der Waals surface area contributed by atoms with Crippen molar-refractivity contribution >= 4 is 29.1 Å². The van der Waals surface area contributed by atoms with Gasteiger partial charge in [0.2, 0.25) is 0 Å². The maximum atomic E-state index is 12.5. The molecule has 0 saturated carbocycles. The predicted octanol–water partition coefficient (Wildman–Crippen LogP) is 1.46. The number of rotatable bonds is 4. The van der Waals surface area contributed by atoms with Gasteiger partial charge in [0.05, 0.1) is 10.9 Å². The van der Waals surface area contributed by atoms with E-state index in [1.165, 1.54) is 12.3 Å². The Balaban J connectivity index is 1.78. The van der Waals surface area contributed by atoms with Crippen molar-refractivity contribution in [3.05, 3.63) is 46.4 Å². The Morgan fingerprint density at radius 3 is 2.96 bits per heavy atom. The molecule has 1 aromatic carbocycles. The SMILES string of the molecule is CC(Sc1nccc(=O)[nH]1)C(=O)c1ccc2c(c1)NC(=O)CO2. The highest BCUT2D eigenvalue weighted by Gasteiger charge is 2.21. The number of hydrogen-bond donors (Lipinski definition) is 2. The predicted molar refractivity (Wildman–Crippen MR) is 85.1 cm³/mol. The van der Waals surface area contributed by atoms with Gasteiger partial charge in [0.1, 0.15) is 5.75 Å². The third-order valence-electron chi connectivity index (χ3n) is 3.20. The number of hydrogen-bond acceptors (Lipinski definition) is 6. The fraction of sp³-hybridized carbons (Fsp3) is 0.200. The van der Waals surface area contributed by atoms with Gasteiger partial charge in [-0.3, -0.25) is 14.4 Å². The number of H-pyrrole nitrogens is 1. The highest BCUT2D eigenvalue weighted by Crippen LogP contribution is 2.30. The molecule has 0 aliphatic carbocycles. The minimum absolute atomic E-state index is 0.0282. The number of fused-ring (bicyclic) bond motifs is 1. The van der Waals surface area contributed by atoms with Gasteiger partial charge in [-0.1, -0.05) is 11.8 Å². The molecule has 0 fully saturated rings. The van der Waals surface area contributed by atoms with E-state index in [-0.39, 0.29) is 23.9 Å². The van der Waals surface area contributed by atoms with Crippen LogP contribution in [0.4, 0.5) is 5.69 Å². The molecule has 23 heavy (non-hydrogen) atoms. The number of aromatic amines is 1. The first-order valence-electron chi connectivity index (χ1n) is 6.86. The third kappa shape index (κ3) is 3.42. The van der Waals surface area contributed by atoms with Crippen molar-refractivity contribution in [3.63, 3.8) is 0 Å². The van der Waals surface area contributed by atoms with E-state index in [4.69, 9.17) is 4.74 Å². The number of nitrogens with zero attached hydrogens (tertiary/aromatic N) is 1. The van der Waals surface area contributed by atoms with Crippen LogP contribution in [0, 0.1) is 0 Å². The Morgan fingerprint density at radius 1 is 1.35 bits per heavy atom. The Kier molecular flexibility index (Phi) is 4.16. The summed E-state index contributed by atoms with van der Waals surface area (Å²) in [5.41, 5.74) is 0.666. The van der Waals surface area contributed by atoms with Crippen molar-refractivity contribution in [2.24, 2.45) is 0 Å². The lowest BCUT2D eigenvalue weighted by Crippen LogP contribution is -2.25. The fourth-order valence-electron chi connectivity index (χ4n) is 2.10. The second-order valence-electron chi connectivity index (χ2n) is 4.91. The molecule has 0 radical (unpaired) electrons. The minimum Gasteiger partial charge on any atom is -0.482 e. The van der Waals surface area contributed by atoms with Gasteiger partial charge in [-0.25, -0.2) is 4.98 Å². The molecule has 1 amide bonds. The second kappa shape index (κ2) is 6.25. The number of thioether (sulfide) groups is 1. The van der Waals surface area contributed by atoms with E-state index >= 15 is 0 Å². The van der Waals surface area contributed by atoms with Gasteiger partial charge in [-0.15, -0.1) is 0 Å². The number of carbonyl (C=O) groups is 2. The normalized spacial score (nSPS) is 14.4. The van der Waals surface area contributed by atoms with Crippen molar-refractivity contribution in [2.45, 2.75) is 17.3 Å². The monoisotopic (exact) mass is 331 g/mol. The number of nitrogens with one attached hydrogen (secondary N) is 2. The van der Waals surface area contributed by atoms with Crippen LogP contribution in [0.15, 0.2) is 40.4 Å². The summed E-state index contributed by atoms with van der Waals surface area (Å²) >= 11 is 1.16. The number of amides is 1. The van der Waals surface area contributed by atoms with Crippen LogP contribution in [0.5, 0.6) is 5.75 Å². The molecule has 0 saturated heterocycles. The summed E-state index contributed by atoms with van der Waals surface area (Å²) in [6.45, 7) is 1.70. The second-order valence-corrected chi connectivity index (χ2v) is 6.24. The van der Waals surface area contributed by atoms with Crippen LogP contribution >= 0.6 is 11.8 Å². The zero-order chi connectivity index (χ0) is 16.4. The lowest BCUT2D eigenvalue weighted by Gasteiger charge is -2.18. The largest absolute Gasteiger partial charge is 0.482 e. The first-order valence-corrected chi connectivity index (χ1v) is 7.74. The lowest BCUT2D eigenvalue weighted by molar-refractivity contribution is -0.118. The molecule has 2 heterocycles. The number of ketones is 1. The molecule has 1 aromatic heterocycles. The third-order valence-corrected chi connectivity index (χ3v) is 4.20. The number of benzene rings is 1. The Hall–Kier alpha value is -2.61. The molecule has 3 rings (SSSR count). The van der Waals surface area contributed by atoms with Gasteiger partial charge >= 0.3 is 0 Å². The number of aromatic nitrogens is 2. The standard InChI is InChI=1S/C15H13N3O4S/c1-8(23-15-16-5-4-12(19)18-15)14(21)9-2-3-11-10(6-9)17-13(20)7-22-11/h2-6,8H,7H2,1H3,(H,17,20)(H,16,18,19). The smallest absolute Gasteiger partial charge is 0.262 e. The molecule has 0 spiro atoms. The van der Waals surface area contributed by atoms with Crippen LogP contribution in [-0.4, -0.2) is 33.5 Å². The molecule has 118 valence electrons. The molecule has 1 aliphatic heterocycles. The van der Waals surface area contributed by atoms with Crippen molar-refractivity contribution in [1.29, 1.82) is 0 Å². The average Bonchev–Trinajstić information content (AvgIpc) is 2.53. The Labute approximate surface area is 135 Å². The van der Waals surface area contributed by atoms with Crippen molar-refractivity contribution in [2.75, 3.05) is 11.9 Å². The molecule has 1 aliphatic rings. The van der Waals surface area contributed by atoms with Crippen LogP contribution in [-0.2, 0) is 4.79 Å². The number of ether oxygens (including phenoxy) is 1. The maximum Gasteiger partial charge on any atom is 0.262 e. The van der Waals surface area contributed by atoms with Crippen molar-refractivity contribution < 1.29 is 14.3 Å². The fourth-order valence-corrected chi connectivity index (χ4v) is 2.96. The molecule has 2 aromatic rings. The number of carbonyl (C=O) groups excluding carboxylic acids is 2. The molecule has 1 atom stereocenters. The molecule has 1 unspecified atom stereocenters. The Bertz CT molecular complexity index is 833. The van der Waals surface area contributed by atoms with Gasteiger partial charge in [0.15, 0.2) is 17.5 Å². The summed E-state index contributed by atoms with van der Waals surface area (Å²) in [5.74, 6) is 0.148. The van der Waals surface area contributed by atoms with E-state index < -0.39 is 5.25 Å². The quantitative estimate of drug-likeness (QED) is 0.500. The van der Waals surface area contributed by atoms with E-state index in [1.807, 2.05) is 0 Å². The first-order chi connectivity index (χ1) is 11.0. The summed E-state index contributed by atoms with van der Waals surface area (Å²) in [7, 11) is 0. The van der Waals surface area contributed by atoms with Crippen molar-refractivity contribution in [1.82, 2.24) is 9.97 Å². The summed E-state index contributed by atoms with van der Waals surface area (Å²) in [6, 6.07) is 6.20.